The van der Waals surface area contributed by atoms with Gasteiger partial charge in [0.05, 0.1) is 0 Å². The van der Waals surface area contributed by atoms with Crippen LogP contribution >= 0.6 is 0 Å². The van der Waals surface area contributed by atoms with Crippen molar-refractivity contribution in [3.8, 4) is 23.0 Å². The average Bonchev–Trinajstić information content (AvgIpc) is 2.95. The minimum Gasteiger partial charge on any atom is -1.00 e. The first-order valence-corrected chi connectivity index (χ1v) is 6.52. The van der Waals surface area contributed by atoms with E-state index in [1.807, 2.05) is 67.7 Å². The third-order valence-electron chi connectivity index (χ3n) is 3.65. The molecule has 1 radical (unpaired) electrons. The van der Waals surface area contributed by atoms with Crippen LogP contribution in [-0.4, -0.2) is 24.1 Å². The van der Waals surface area contributed by atoms with Crippen LogP contribution in [0.25, 0.3) is 23.0 Å². The van der Waals surface area contributed by atoms with Gasteiger partial charge in [-0.15, -0.1) is 0 Å². The molecule has 0 aromatic carbocycles. The van der Waals surface area contributed by atoms with Crippen LogP contribution in [0.3, 0.4) is 0 Å². The molecule has 5 nitrogen and oxygen atoms in total. The van der Waals surface area contributed by atoms with Crippen LogP contribution in [0.5, 0.6) is 0 Å². The second kappa shape index (κ2) is 10.1. The third kappa shape index (κ3) is 4.52. The predicted octanol–water partition coefficient (Wildman–Crippen LogP) is -6.49. The molecule has 131 valence electrons. The summed E-state index contributed by atoms with van der Waals surface area (Å²) in [5, 5.41) is 0. The molecule has 0 saturated carbocycles. The molecule has 0 N–H and O–H groups in total. The molecule has 0 bridgehead atoms. The van der Waals surface area contributed by atoms with Gasteiger partial charge in [-0.05, 0) is 26.0 Å². The van der Waals surface area contributed by atoms with Crippen LogP contribution in [-0.2, 0) is 31.2 Å². The van der Waals surface area contributed by atoms with Gasteiger partial charge in [0.15, 0.2) is 11.6 Å². The molecular weight excluding hydrogens is 412 g/mol. The van der Waals surface area contributed by atoms with Gasteiger partial charge in [-0.1, -0.05) is 6.07 Å². The number of aryl methyl sites for hydroxylation is 2. The van der Waals surface area contributed by atoms with Gasteiger partial charge < -0.3 is 46.4 Å². The molecule has 3 aromatic heterocycles. The van der Waals surface area contributed by atoms with Crippen molar-refractivity contribution in [3.05, 3.63) is 42.0 Å². The van der Waals surface area contributed by atoms with E-state index < -0.39 is 0 Å². The van der Waals surface area contributed by atoms with Crippen LogP contribution in [0, 0.1) is 13.8 Å². The van der Waals surface area contributed by atoms with E-state index in [9.17, 15) is 0 Å². The molecule has 0 aliphatic heterocycles. The van der Waals surface area contributed by atoms with Crippen molar-refractivity contribution in [2.75, 3.05) is 0 Å². The number of nitrogens with zero attached hydrogens (tertiary/aromatic N) is 5. The summed E-state index contributed by atoms with van der Waals surface area (Å²) in [6, 6.07) is 5.94. The van der Waals surface area contributed by atoms with E-state index in [0.717, 1.165) is 34.4 Å². The minimum atomic E-state index is 0. The summed E-state index contributed by atoms with van der Waals surface area (Å²) in [4.78, 5) is 13.5. The number of hydrogen-bond acceptors (Lipinski definition) is 3. The maximum absolute atomic E-state index is 4.69. The molecule has 9 heteroatoms. The van der Waals surface area contributed by atoms with Gasteiger partial charge in [0.25, 0.3) is 0 Å². The molecule has 3 aromatic rings. The number of aromatic nitrogens is 5. The predicted molar refractivity (Wildman–Crippen MR) is 78.1 cm³/mol. The van der Waals surface area contributed by atoms with Crippen LogP contribution in [0.1, 0.15) is 11.4 Å². The third-order valence-corrected chi connectivity index (χ3v) is 3.65. The number of hydrogen-bond donors (Lipinski definition) is 0. The quantitative estimate of drug-likeness (QED) is 0.381. The molecule has 0 aliphatic rings. The Morgan fingerprint density at radius 2 is 1.12 bits per heavy atom. The molecular formula is C15H17Cl3FeN5. The summed E-state index contributed by atoms with van der Waals surface area (Å²) < 4.78 is 4.07. The van der Waals surface area contributed by atoms with Gasteiger partial charge in [0.2, 0.25) is 0 Å². The normalized spacial score (nSPS) is 9.17. The zero-order valence-corrected chi connectivity index (χ0v) is 17.0. The van der Waals surface area contributed by atoms with E-state index in [-0.39, 0.29) is 54.3 Å². The zero-order valence-electron chi connectivity index (χ0n) is 13.6. The molecule has 0 saturated heterocycles. The summed E-state index contributed by atoms with van der Waals surface area (Å²) >= 11 is 0. The fourth-order valence-electron chi connectivity index (χ4n) is 2.15. The number of rotatable bonds is 2. The fraction of sp³-hybridized carbons (Fsp3) is 0.267. The van der Waals surface area contributed by atoms with Crippen molar-refractivity contribution >= 4 is 0 Å². The Bertz CT molecular complexity index is 724. The second-order valence-electron chi connectivity index (χ2n) is 4.97. The Hall–Kier alpha value is -1.04. The van der Waals surface area contributed by atoms with E-state index in [0.29, 0.717) is 0 Å². The van der Waals surface area contributed by atoms with Gasteiger partial charge in [-0.25, -0.2) is 15.0 Å². The van der Waals surface area contributed by atoms with E-state index in [1.165, 1.54) is 0 Å². The number of imidazole rings is 2. The van der Waals surface area contributed by atoms with Gasteiger partial charge >= 0.3 is 17.1 Å². The smallest absolute Gasteiger partial charge is 1.00 e. The first-order valence-electron chi connectivity index (χ1n) is 6.52. The van der Waals surface area contributed by atoms with Crippen molar-refractivity contribution in [1.29, 1.82) is 0 Å². The van der Waals surface area contributed by atoms with E-state index in [1.54, 1.807) is 0 Å². The molecule has 0 aliphatic carbocycles. The SMILES string of the molecule is Cc1cnc(-c2cccc(-c3ncc(C)n3C)n2)n1C.[Cl-].[Cl-].[Cl-].[Fe+3]. The van der Waals surface area contributed by atoms with E-state index in [4.69, 9.17) is 4.98 Å². The molecule has 0 spiro atoms. The van der Waals surface area contributed by atoms with Crippen molar-refractivity contribution in [3.63, 3.8) is 0 Å². The second-order valence-corrected chi connectivity index (χ2v) is 4.97. The molecule has 0 amide bonds. The zero-order chi connectivity index (χ0) is 14.3. The number of halogens is 3. The monoisotopic (exact) mass is 428 g/mol. The van der Waals surface area contributed by atoms with Crippen LogP contribution in [0.15, 0.2) is 30.6 Å². The first kappa shape index (κ1) is 25.2. The molecule has 3 rings (SSSR count). The van der Waals surface area contributed by atoms with Gasteiger partial charge in [0, 0.05) is 37.9 Å². The average molecular weight is 430 g/mol. The largest absolute Gasteiger partial charge is 3.00 e. The van der Waals surface area contributed by atoms with Crippen LogP contribution in [0.2, 0.25) is 0 Å². The van der Waals surface area contributed by atoms with E-state index in [2.05, 4.69) is 9.97 Å². The summed E-state index contributed by atoms with van der Waals surface area (Å²) in [7, 11) is 3.99. The van der Waals surface area contributed by atoms with Crippen molar-refractivity contribution in [2.24, 2.45) is 14.1 Å². The number of pyridine rings is 1. The maximum atomic E-state index is 4.69. The molecule has 0 atom stereocenters. The maximum Gasteiger partial charge on any atom is 3.00 e. The standard InChI is InChI=1S/C15H17N5.3ClH.Fe/c1-10-8-16-14(19(10)3)12-6-5-7-13(18-12)15-17-9-11(2)20(15)4;;;;/h5-9H,1-4H3;3*1H;/q;;;;+3/p-3. The molecule has 0 fully saturated rings. The molecule has 24 heavy (non-hydrogen) atoms. The minimum absolute atomic E-state index is 0. The Morgan fingerprint density at radius 3 is 1.42 bits per heavy atom. The van der Waals surface area contributed by atoms with Crippen molar-refractivity contribution < 1.29 is 54.3 Å². The van der Waals surface area contributed by atoms with Crippen molar-refractivity contribution in [1.82, 2.24) is 24.1 Å². The summed E-state index contributed by atoms with van der Waals surface area (Å²) in [6.45, 7) is 4.06. The Kier molecular flexibility index (Phi) is 10.6. The van der Waals surface area contributed by atoms with E-state index >= 15 is 0 Å². The first-order chi connectivity index (χ1) is 9.58. The topological polar surface area (TPSA) is 48.5 Å². The van der Waals surface area contributed by atoms with Crippen molar-refractivity contribution in [2.45, 2.75) is 13.8 Å². The van der Waals surface area contributed by atoms with Crippen LogP contribution < -0.4 is 37.2 Å². The van der Waals surface area contributed by atoms with Gasteiger partial charge in [-0.2, -0.15) is 0 Å². The van der Waals surface area contributed by atoms with Crippen LogP contribution in [0.4, 0.5) is 0 Å². The Balaban J connectivity index is 0. The van der Waals surface area contributed by atoms with Gasteiger partial charge in [0.1, 0.15) is 11.4 Å². The summed E-state index contributed by atoms with van der Waals surface area (Å²) in [5.41, 5.74) is 3.94. The summed E-state index contributed by atoms with van der Waals surface area (Å²) in [5.74, 6) is 1.74. The Morgan fingerprint density at radius 1 is 0.750 bits per heavy atom. The molecule has 3 heterocycles. The Labute approximate surface area is 171 Å². The van der Waals surface area contributed by atoms with Gasteiger partial charge in [-0.3, -0.25) is 0 Å². The fourth-order valence-corrected chi connectivity index (χ4v) is 2.15. The summed E-state index contributed by atoms with van der Waals surface area (Å²) in [6.07, 6.45) is 3.71. The molecule has 0 unspecified atom stereocenters.